The van der Waals surface area contributed by atoms with Crippen molar-refractivity contribution in [1.29, 1.82) is 0 Å². The molecule has 102 valence electrons. The molecule has 1 saturated carbocycles. The molecule has 0 bridgehead atoms. The normalized spacial score (nSPS) is 15.6. The van der Waals surface area contributed by atoms with Crippen molar-refractivity contribution in [3.8, 4) is 5.75 Å². The van der Waals surface area contributed by atoms with Gasteiger partial charge in [-0.05, 0) is 44.0 Å². The van der Waals surface area contributed by atoms with Gasteiger partial charge in [-0.2, -0.15) is 0 Å². The molecule has 0 atom stereocenters. The van der Waals surface area contributed by atoms with Crippen LogP contribution in [0, 0.1) is 5.41 Å². The molecule has 1 amide bonds. The average molecular weight is 263 g/mol. The highest BCUT2D eigenvalue weighted by atomic mass is 16.5. The van der Waals surface area contributed by atoms with E-state index >= 15 is 0 Å². The molecule has 19 heavy (non-hydrogen) atoms. The minimum absolute atomic E-state index is 0.101. The number of carboxylic acids is 1. The van der Waals surface area contributed by atoms with Crippen LogP contribution in [0.25, 0.3) is 0 Å². The molecule has 1 aliphatic rings. The molecule has 5 nitrogen and oxygen atoms in total. The molecule has 0 radical (unpaired) electrons. The van der Waals surface area contributed by atoms with Gasteiger partial charge in [-0.15, -0.1) is 0 Å². The predicted octanol–water partition coefficient (Wildman–Crippen LogP) is 2.28. The Bertz CT molecular complexity index is 477. The molecule has 1 aromatic rings. The number of ether oxygens (including phenoxy) is 1. The number of amides is 1. The largest absolute Gasteiger partial charge is 0.494 e. The van der Waals surface area contributed by atoms with Crippen molar-refractivity contribution in [2.45, 2.75) is 26.2 Å². The van der Waals surface area contributed by atoms with Crippen molar-refractivity contribution in [2.24, 2.45) is 5.41 Å². The Morgan fingerprint density at radius 2 is 1.95 bits per heavy atom. The zero-order chi connectivity index (χ0) is 13.9. The van der Waals surface area contributed by atoms with Gasteiger partial charge in [0.25, 0.3) is 0 Å². The number of nitrogens with one attached hydrogen (secondary N) is 1. The monoisotopic (exact) mass is 263 g/mol. The van der Waals surface area contributed by atoms with Crippen LogP contribution in [-0.4, -0.2) is 23.6 Å². The highest BCUT2D eigenvalue weighted by Gasteiger charge is 2.51. The first-order valence-corrected chi connectivity index (χ1v) is 6.32. The molecule has 0 spiro atoms. The third-order valence-electron chi connectivity index (χ3n) is 3.25. The highest BCUT2D eigenvalue weighted by Crippen LogP contribution is 2.49. The zero-order valence-corrected chi connectivity index (χ0v) is 10.8. The van der Waals surface area contributed by atoms with Gasteiger partial charge in [0.05, 0.1) is 18.4 Å². The SMILES string of the molecule is CCOc1ccc(NC(=O)C2(CC(=O)O)CC2)cc1. The van der Waals surface area contributed by atoms with Crippen LogP contribution in [0.5, 0.6) is 5.75 Å². The van der Waals surface area contributed by atoms with Crippen molar-refractivity contribution in [1.82, 2.24) is 0 Å². The Kier molecular flexibility index (Phi) is 3.74. The topological polar surface area (TPSA) is 75.6 Å². The maximum Gasteiger partial charge on any atom is 0.304 e. The molecular formula is C14H17NO4. The van der Waals surface area contributed by atoms with Crippen LogP contribution in [0.15, 0.2) is 24.3 Å². The van der Waals surface area contributed by atoms with Crippen LogP contribution in [0.3, 0.4) is 0 Å². The Morgan fingerprint density at radius 1 is 1.32 bits per heavy atom. The summed E-state index contributed by atoms with van der Waals surface area (Å²) >= 11 is 0. The number of carbonyl (C=O) groups excluding carboxylic acids is 1. The van der Waals surface area contributed by atoms with E-state index in [1.807, 2.05) is 6.92 Å². The number of carboxylic acid groups (broad SMARTS) is 1. The molecule has 5 heteroatoms. The van der Waals surface area contributed by atoms with E-state index in [-0.39, 0.29) is 12.3 Å². The van der Waals surface area contributed by atoms with Crippen LogP contribution in [0.1, 0.15) is 26.2 Å². The number of anilines is 1. The van der Waals surface area contributed by atoms with Gasteiger partial charge in [-0.3, -0.25) is 9.59 Å². The second-order valence-corrected chi connectivity index (χ2v) is 4.76. The second-order valence-electron chi connectivity index (χ2n) is 4.76. The predicted molar refractivity (Wildman–Crippen MR) is 70.2 cm³/mol. The molecule has 0 heterocycles. The van der Waals surface area contributed by atoms with Gasteiger partial charge in [0.2, 0.25) is 5.91 Å². The summed E-state index contributed by atoms with van der Waals surface area (Å²) in [5, 5.41) is 11.6. The van der Waals surface area contributed by atoms with Gasteiger partial charge >= 0.3 is 5.97 Å². The van der Waals surface area contributed by atoms with Crippen LogP contribution in [0.2, 0.25) is 0 Å². The minimum atomic E-state index is -0.931. The smallest absolute Gasteiger partial charge is 0.304 e. The Labute approximate surface area is 111 Å². The van der Waals surface area contributed by atoms with E-state index in [2.05, 4.69) is 5.32 Å². The van der Waals surface area contributed by atoms with E-state index in [1.165, 1.54) is 0 Å². The first-order chi connectivity index (χ1) is 9.05. The lowest BCUT2D eigenvalue weighted by Crippen LogP contribution is -2.26. The first-order valence-electron chi connectivity index (χ1n) is 6.32. The summed E-state index contributed by atoms with van der Waals surface area (Å²) in [5.74, 6) is -0.398. The molecule has 2 rings (SSSR count). The van der Waals surface area contributed by atoms with Crippen LogP contribution >= 0.6 is 0 Å². The highest BCUT2D eigenvalue weighted by molar-refractivity contribution is 5.99. The number of hydrogen-bond acceptors (Lipinski definition) is 3. The third-order valence-corrected chi connectivity index (χ3v) is 3.25. The van der Waals surface area contributed by atoms with Crippen LogP contribution < -0.4 is 10.1 Å². The molecular weight excluding hydrogens is 246 g/mol. The second kappa shape index (κ2) is 5.30. The summed E-state index contributed by atoms with van der Waals surface area (Å²) in [5.41, 5.74) is -0.0464. The van der Waals surface area contributed by atoms with Gasteiger partial charge in [0.15, 0.2) is 0 Å². The number of hydrogen-bond donors (Lipinski definition) is 2. The molecule has 1 aliphatic carbocycles. The lowest BCUT2D eigenvalue weighted by atomic mass is 10.0. The number of aliphatic carboxylic acids is 1. The Hall–Kier alpha value is -2.04. The minimum Gasteiger partial charge on any atom is -0.494 e. The molecule has 0 saturated heterocycles. The zero-order valence-electron chi connectivity index (χ0n) is 10.8. The van der Waals surface area contributed by atoms with Gasteiger partial charge in [0, 0.05) is 5.69 Å². The van der Waals surface area contributed by atoms with E-state index in [1.54, 1.807) is 24.3 Å². The van der Waals surface area contributed by atoms with Crippen molar-refractivity contribution in [3.05, 3.63) is 24.3 Å². The van der Waals surface area contributed by atoms with E-state index in [9.17, 15) is 9.59 Å². The number of carbonyl (C=O) groups is 2. The van der Waals surface area contributed by atoms with E-state index < -0.39 is 11.4 Å². The molecule has 0 aromatic heterocycles. The molecule has 0 aliphatic heterocycles. The summed E-state index contributed by atoms with van der Waals surface area (Å²) in [6.07, 6.45) is 1.18. The van der Waals surface area contributed by atoms with Gasteiger partial charge in [0.1, 0.15) is 5.75 Å². The van der Waals surface area contributed by atoms with E-state index in [4.69, 9.17) is 9.84 Å². The fourth-order valence-electron chi connectivity index (χ4n) is 1.99. The van der Waals surface area contributed by atoms with Crippen molar-refractivity contribution >= 4 is 17.6 Å². The molecule has 0 unspecified atom stereocenters. The standard InChI is InChI=1S/C14H17NO4/c1-2-19-11-5-3-10(4-6-11)15-13(18)14(7-8-14)9-12(16)17/h3-6H,2,7-9H2,1H3,(H,15,18)(H,16,17). The van der Waals surface area contributed by atoms with Crippen molar-refractivity contribution < 1.29 is 19.4 Å². The van der Waals surface area contributed by atoms with Gasteiger partial charge in [-0.25, -0.2) is 0 Å². The summed E-state index contributed by atoms with van der Waals surface area (Å²) in [6.45, 7) is 2.49. The number of rotatable bonds is 6. The fraction of sp³-hybridized carbons (Fsp3) is 0.429. The number of benzene rings is 1. The summed E-state index contributed by atoms with van der Waals surface area (Å²) in [6, 6.07) is 7.05. The van der Waals surface area contributed by atoms with Gasteiger partial charge < -0.3 is 15.2 Å². The molecule has 2 N–H and O–H groups in total. The van der Waals surface area contributed by atoms with Crippen LogP contribution in [0.4, 0.5) is 5.69 Å². The summed E-state index contributed by atoms with van der Waals surface area (Å²) in [7, 11) is 0. The van der Waals surface area contributed by atoms with Crippen molar-refractivity contribution in [3.63, 3.8) is 0 Å². The lowest BCUT2D eigenvalue weighted by Gasteiger charge is -2.13. The Balaban J connectivity index is 1.97. The third kappa shape index (κ3) is 3.24. The van der Waals surface area contributed by atoms with Crippen LogP contribution in [-0.2, 0) is 9.59 Å². The van der Waals surface area contributed by atoms with Gasteiger partial charge in [-0.1, -0.05) is 0 Å². The fourth-order valence-corrected chi connectivity index (χ4v) is 1.99. The van der Waals surface area contributed by atoms with Crippen molar-refractivity contribution in [2.75, 3.05) is 11.9 Å². The summed E-state index contributed by atoms with van der Waals surface area (Å²) < 4.78 is 5.31. The maximum absolute atomic E-state index is 12.0. The summed E-state index contributed by atoms with van der Waals surface area (Å²) in [4.78, 5) is 22.8. The average Bonchev–Trinajstić information content (AvgIpc) is 3.12. The van der Waals surface area contributed by atoms with E-state index in [0.29, 0.717) is 25.1 Å². The lowest BCUT2D eigenvalue weighted by molar-refractivity contribution is -0.140. The Morgan fingerprint density at radius 3 is 2.42 bits per heavy atom. The first kappa shape index (κ1) is 13.4. The quantitative estimate of drug-likeness (QED) is 0.825. The molecule has 1 fully saturated rings. The maximum atomic E-state index is 12.0. The van der Waals surface area contributed by atoms with E-state index in [0.717, 1.165) is 5.75 Å². The molecule has 1 aromatic carbocycles.